The van der Waals surface area contributed by atoms with Gasteiger partial charge in [0.25, 0.3) is 0 Å². The van der Waals surface area contributed by atoms with Crippen LogP contribution in [0.1, 0.15) is 18.5 Å². The molecule has 9 heteroatoms. The van der Waals surface area contributed by atoms with Crippen molar-refractivity contribution in [2.24, 2.45) is 0 Å². The van der Waals surface area contributed by atoms with Gasteiger partial charge in [0.1, 0.15) is 0 Å². The van der Waals surface area contributed by atoms with Gasteiger partial charge in [-0.2, -0.15) is 0 Å². The number of para-hydroxylation sites is 1. The predicted octanol–water partition coefficient (Wildman–Crippen LogP) is 5.68. The van der Waals surface area contributed by atoms with E-state index in [0.29, 0.717) is 0 Å². The predicted molar refractivity (Wildman–Crippen MR) is 124 cm³/mol. The summed E-state index contributed by atoms with van der Waals surface area (Å²) in [6, 6.07) is 14.3. The number of hydrogen-bond donors (Lipinski definition) is 1. The van der Waals surface area contributed by atoms with Crippen LogP contribution in [0.2, 0.25) is 0 Å². The van der Waals surface area contributed by atoms with Crippen molar-refractivity contribution in [1.82, 2.24) is 19.7 Å². The second-order valence-corrected chi connectivity index (χ2v) is 9.70. The van der Waals surface area contributed by atoms with E-state index in [4.69, 9.17) is 9.72 Å². The van der Waals surface area contributed by atoms with Gasteiger partial charge in [0, 0.05) is 23.4 Å². The molecule has 1 saturated heterocycles. The molecule has 1 atom stereocenters. The third-order valence-corrected chi connectivity index (χ3v) is 7.47. The van der Waals surface area contributed by atoms with E-state index < -0.39 is 0 Å². The third kappa shape index (κ3) is 4.59. The molecule has 0 amide bonds. The molecule has 30 heavy (non-hydrogen) atoms. The molecule has 3 aromatic heterocycles. The second-order valence-electron chi connectivity index (χ2n) is 6.95. The monoisotopic (exact) mass is 455 g/mol. The molecule has 1 fully saturated rings. The van der Waals surface area contributed by atoms with Gasteiger partial charge in [-0.3, -0.25) is 4.57 Å². The van der Waals surface area contributed by atoms with Crippen LogP contribution in [0.15, 0.2) is 58.4 Å². The molecular weight excluding hydrogens is 434 g/mol. The summed E-state index contributed by atoms with van der Waals surface area (Å²) in [6.45, 7) is 1.64. The third-order valence-electron chi connectivity index (χ3n) is 4.79. The van der Waals surface area contributed by atoms with Crippen LogP contribution in [0.4, 0.5) is 10.8 Å². The quantitative estimate of drug-likeness (QED) is 0.345. The van der Waals surface area contributed by atoms with E-state index in [1.807, 2.05) is 30.3 Å². The maximum absolute atomic E-state index is 5.88. The minimum atomic E-state index is 0.236. The highest BCUT2D eigenvalue weighted by Crippen LogP contribution is 2.31. The lowest BCUT2D eigenvalue weighted by Gasteiger charge is -2.14. The first-order chi connectivity index (χ1) is 14.8. The van der Waals surface area contributed by atoms with Gasteiger partial charge in [-0.15, -0.1) is 32.9 Å². The molecule has 0 bridgehead atoms. The van der Waals surface area contributed by atoms with E-state index in [1.54, 1.807) is 34.4 Å². The molecule has 1 aromatic carbocycles. The summed E-state index contributed by atoms with van der Waals surface area (Å²) in [7, 11) is 0. The number of aromatic nitrogens is 4. The number of hydrogen-bond acceptors (Lipinski definition) is 8. The zero-order chi connectivity index (χ0) is 20.2. The minimum Gasteiger partial charge on any atom is -0.376 e. The van der Waals surface area contributed by atoms with E-state index in [0.717, 1.165) is 64.1 Å². The van der Waals surface area contributed by atoms with Gasteiger partial charge in [-0.05, 0) is 36.4 Å². The highest BCUT2D eigenvalue weighted by Gasteiger charge is 2.22. The highest BCUT2D eigenvalue weighted by molar-refractivity contribution is 7.98. The average molecular weight is 456 g/mol. The first-order valence-corrected chi connectivity index (χ1v) is 12.6. The maximum Gasteiger partial charge on any atom is 0.191 e. The molecule has 1 N–H and O–H groups in total. The maximum atomic E-state index is 5.88. The van der Waals surface area contributed by atoms with E-state index in [-0.39, 0.29) is 6.10 Å². The topological polar surface area (TPSA) is 64.9 Å². The number of ether oxygens (including phenoxy) is 1. The summed E-state index contributed by atoms with van der Waals surface area (Å²) in [5.41, 5.74) is 2.08. The molecule has 5 rings (SSSR count). The number of thiazole rings is 1. The molecule has 4 aromatic rings. The molecular formula is C21H21N5OS3. The molecule has 0 saturated carbocycles. The summed E-state index contributed by atoms with van der Waals surface area (Å²) in [5.74, 6) is 1.67. The number of nitrogens with one attached hydrogen (secondary N) is 1. The average Bonchev–Trinajstić information content (AvgIpc) is 3.56. The van der Waals surface area contributed by atoms with Crippen LogP contribution in [-0.2, 0) is 17.0 Å². The van der Waals surface area contributed by atoms with Crippen LogP contribution in [0.5, 0.6) is 0 Å². The smallest absolute Gasteiger partial charge is 0.191 e. The van der Waals surface area contributed by atoms with Crippen LogP contribution in [0, 0.1) is 0 Å². The van der Waals surface area contributed by atoms with Crippen molar-refractivity contribution in [1.29, 1.82) is 0 Å². The summed E-state index contributed by atoms with van der Waals surface area (Å²) < 4.78 is 8.09. The SMILES string of the molecule is c1ccc(Nc2nc(CSc3nnc(-c4cccs4)n3CC3CCCO3)cs2)cc1. The number of rotatable bonds is 8. The lowest BCUT2D eigenvalue weighted by Crippen LogP contribution is -2.16. The van der Waals surface area contributed by atoms with Gasteiger partial charge in [0.15, 0.2) is 16.1 Å². The zero-order valence-corrected chi connectivity index (χ0v) is 18.7. The first kappa shape index (κ1) is 19.7. The van der Waals surface area contributed by atoms with Gasteiger partial charge < -0.3 is 10.1 Å². The number of thioether (sulfide) groups is 1. The van der Waals surface area contributed by atoms with E-state index >= 15 is 0 Å². The largest absolute Gasteiger partial charge is 0.376 e. The molecule has 1 unspecified atom stereocenters. The molecule has 1 aliphatic rings. The minimum absolute atomic E-state index is 0.236. The summed E-state index contributed by atoms with van der Waals surface area (Å²) in [5, 5.41) is 18.3. The van der Waals surface area contributed by atoms with Gasteiger partial charge in [0.05, 0.1) is 23.2 Å². The lowest BCUT2D eigenvalue weighted by molar-refractivity contribution is 0.0953. The molecule has 0 spiro atoms. The Bertz CT molecular complexity index is 1070. The molecule has 4 heterocycles. The molecule has 1 aliphatic heterocycles. The summed E-state index contributed by atoms with van der Waals surface area (Å²) >= 11 is 4.98. The fourth-order valence-electron chi connectivity index (χ4n) is 3.35. The van der Waals surface area contributed by atoms with Crippen LogP contribution in [-0.4, -0.2) is 32.5 Å². The van der Waals surface area contributed by atoms with E-state index in [9.17, 15) is 0 Å². The van der Waals surface area contributed by atoms with Crippen LogP contribution in [0.3, 0.4) is 0 Å². The Balaban J connectivity index is 1.30. The van der Waals surface area contributed by atoms with Crippen molar-refractivity contribution in [3.8, 4) is 10.7 Å². The Morgan fingerprint density at radius 2 is 2.07 bits per heavy atom. The summed E-state index contributed by atoms with van der Waals surface area (Å²) in [6.07, 6.45) is 2.45. The van der Waals surface area contributed by atoms with E-state index in [2.05, 4.69) is 43.0 Å². The van der Waals surface area contributed by atoms with Crippen molar-refractivity contribution < 1.29 is 4.74 Å². The van der Waals surface area contributed by atoms with Crippen molar-refractivity contribution in [3.05, 3.63) is 58.9 Å². The number of nitrogens with zero attached hydrogens (tertiary/aromatic N) is 4. The molecule has 0 radical (unpaired) electrons. The first-order valence-electron chi connectivity index (χ1n) is 9.83. The summed E-state index contributed by atoms with van der Waals surface area (Å²) in [4.78, 5) is 5.85. The van der Waals surface area contributed by atoms with Gasteiger partial charge in [0.2, 0.25) is 0 Å². The van der Waals surface area contributed by atoms with Crippen molar-refractivity contribution >= 4 is 45.3 Å². The number of thiophene rings is 1. The Labute approximate surface area is 187 Å². The van der Waals surface area contributed by atoms with Crippen LogP contribution in [0.25, 0.3) is 10.7 Å². The van der Waals surface area contributed by atoms with E-state index in [1.165, 1.54) is 0 Å². The number of benzene rings is 1. The molecule has 0 aliphatic carbocycles. The Morgan fingerprint density at radius 3 is 2.87 bits per heavy atom. The van der Waals surface area contributed by atoms with Crippen molar-refractivity contribution in [2.45, 2.75) is 36.4 Å². The fourth-order valence-corrected chi connectivity index (χ4v) is 5.75. The Hall–Kier alpha value is -2.20. The van der Waals surface area contributed by atoms with Crippen molar-refractivity contribution in [3.63, 3.8) is 0 Å². The Kier molecular flexibility index (Phi) is 6.12. The number of anilines is 2. The second kappa shape index (κ2) is 9.30. The normalized spacial score (nSPS) is 16.2. The van der Waals surface area contributed by atoms with Gasteiger partial charge in [-0.1, -0.05) is 36.0 Å². The van der Waals surface area contributed by atoms with Crippen LogP contribution >= 0.6 is 34.4 Å². The molecule has 6 nitrogen and oxygen atoms in total. The molecule has 154 valence electrons. The van der Waals surface area contributed by atoms with Gasteiger partial charge >= 0.3 is 0 Å². The fraction of sp³-hybridized carbons (Fsp3) is 0.286. The lowest BCUT2D eigenvalue weighted by atomic mass is 10.2. The van der Waals surface area contributed by atoms with Crippen molar-refractivity contribution in [2.75, 3.05) is 11.9 Å². The highest BCUT2D eigenvalue weighted by atomic mass is 32.2. The zero-order valence-electron chi connectivity index (χ0n) is 16.2. The Morgan fingerprint density at radius 1 is 1.13 bits per heavy atom. The van der Waals surface area contributed by atoms with Crippen LogP contribution < -0.4 is 5.32 Å². The standard InChI is InChI=1S/C21H21N5OS3/c1-2-6-15(7-3-1)22-20-23-16(13-29-20)14-30-21-25-24-19(18-9-5-11-28-18)26(21)12-17-8-4-10-27-17/h1-3,5-7,9,11,13,17H,4,8,10,12,14H2,(H,22,23). The van der Waals surface area contributed by atoms with Gasteiger partial charge in [-0.25, -0.2) is 4.98 Å².